The van der Waals surface area contributed by atoms with E-state index in [1.165, 1.54) is 6.33 Å². The second-order valence-corrected chi connectivity index (χ2v) is 6.54. The Labute approximate surface area is 141 Å². The van der Waals surface area contributed by atoms with Crippen molar-refractivity contribution in [1.82, 2.24) is 15.3 Å². The van der Waals surface area contributed by atoms with Gasteiger partial charge in [-0.05, 0) is 38.8 Å². The van der Waals surface area contributed by atoms with Crippen LogP contribution in [0.5, 0.6) is 0 Å². The molecule has 1 N–H and O–H groups in total. The molecule has 0 fully saturated rings. The van der Waals surface area contributed by atoms with Crippen molar-refractivity contribution in [2.24, 2.45) is 0 Å². The van der Waals surface area contributed by atoms with E-state index in [2.05, 4.69) is 15.3 Å². The van der Waals surface area contributed by atoms with Gasteiger partial charge in [0.25, 0.3) is 0 Å². The monoisotopic (exact) mass is 333 g/mol. The maximum atomic E-state index is 12.1. The molecule has 122 valence electrons. The quantitative estimate of drug-likeness (QED) is 0.861. The van der Waals surface area contributed by atoms with Crippen molar-refractivity contribution < 1.29 is 9.53 Å². The van der Waals surface area contributed by atoms with Crippen molar-refractivity contribution in [2.45, 2.75) is 38.8 Å². The largest absolute Gasteiger partial charge is 0.444 e. The van der Waals surface area contributed by atoms with Crippen LogP contribution in [0.2, 0.25) is 5.15 Å². The molecule has 0 bridgehead atoms. The summed E-state index contributed by atoms with van der Waals surface area (Å²) < 4.78 is 5.33. The molecule has 23 heavy (non-hydrogen) atoms. The number of ether oxygens (including phenoxy) is 1. The number of amides is 1. The number of alkyl carbamates (subject to hydrolysis) is 1. The number of benzene rings is 1. The van der Waals surface area contributed by atoms with Gasteiger partial charge < -0.3 is 10.1 Å². The van der Waals surface area contributed by atoms with E-state index in [0.29, 0.717) is 17.3 Å². The van der Waals surface area contributed by atoms with Crippen LogP contribution in [-0.4, -0.2) is 21.7 Å². The van der Waals surface area contributed by atoms with Gasteiger partial charge in [0.1, 0.15) is 17.1 Å². The summed E-state index contributed by atoms with van der Waals surface area (Å²) in [5.41, 5.74) is 1.15. The Kier molecular flexibility index (Phi) is 5.55. The van der Waals surface area contributed by atoms with Gasteiger partial charge in [0, 0.05) is 0 Å². The number of halogens is 1. The number of rotatable bonds is 4. The van der Waals surface area contributed by atoms with Crippen LogP contribution in [0.4, 0.5) is 4.79 Å². The zero-order valence-corrected chi connectivity index (χ0v) is 14.2. The minimum absolute atomic E-state index is 0.332. The summed E-state index contributed by atoms with van der Waals surface area (Å²) in [5, 5.41) is 3.19. The molecule has 2 rings (SSSR count). The molecule has 1 aromatic carbocycles. The lowest BCUT2D eigenvalue weighted by Gasteiger charge is -2.23. The van der Waals surface area contributed by atoms with Gasteiger partial charge in [-0.15, -0.1) is 0 Å². The first kappa shape index (κ1) is 17.2. The molecule has 0 aliphatic heterocycles. The first-order valence-electron chi connectivity index (χ1n) is 7.34. The van der Waals surface area contributed by atoms with Crippen LogP contribution in [-0.2, 0) is 11.2 Å². The van der Waals surface area contributed by atoms with E-state index in [1.54, 1.807) is 6.07 Å². The minimum Gasteiger partial charge on any atom is -0.444 e. The van der Waals surface area contributed by atoms with Gasteiger partial charge in [0.05, 0.1) is 11.7 Å². The zero-order valence-electron chi connectivity index (χ0n) is 13.4. The normalized spacial score (nSPS) is 12.5. The maximum Gasteiger partial charge on any atom is 0.408 e. The Bertz CT molecular complexity index is 656. The molecule has 2 aromatic rings. The van der Waals surface area contributed by atoms with Crippen LogP contribution in [0, 0.1) is 0 Å². The fraction of sp³-hybridized carbons (Fsp3) is 0.353. The number of carbonyl (C=O) groups is 1. The van der Waals surface area contributed by atoms with E-state index in [0.717, 1.165) is 5.56 Å². The fourth-order valence-corrected chi connectivity index (χ4v) is 2.22. The van der Waals surface area contributed by atoms with Gasteiger partial charge >= 0.3 is 6.09 Å². The Morgan fingerprint density at radius 2 is 1.96 bits per heavy atom. The number of hydrogen-bond acceptors (Lipinski definition) is 4. The summed E-state index contributed by atoms with van der Waals surface area (Å²) in [6.07, 6.45) is 1.47. The van der Waals surface area contributed by atoms with Crippen LogP contribution >= 0.6 is 11.6 Å². The van der Waals surface area contributed by atoms with Gasteiger partial charge in [-0.25, -0.2) is 14.8 Å². The van der Waals surface area contributed by atoms with Gasteiger partial charge in [0.2, 0.25) is 0 Å². The Morgan fingerprint density at radius 1 is 1.26 bits per heavy atom. The molecule has 1 heterocycles. The van der Waals surface area contributed by atoms with E-state index in [1.807, 2.05) is 51.1 Å². The average Bonchev–Trinajstić information content (AvgIpc) is 2.45. The van der Waals surface area contributed by atoms with Crippen molar-refractivity contribution in [2.75, 3.05) is 0 Å². The summed E-state index contributed by atoms with van der Waals surface area (Å²) in [7, 11) is 0. The summed E-state index contributed by atoms with van der Waals surface area (Å²) in [6.45, 7) is 5.46. The predicted molar refractivity (Wildman–Crippen MR) is 89.3 cm³/mol. The van der Waals surface area contributed by atoms with Crippen LogP contribution in [0.25, 0.3) is 0 Å². The van der Waals surface area contributed by atoms with Crippen molar-refractivity contribution >= 4 is 17.7 Å². The molecule has 0 saturated carbocycles. The number of aromatic nitrogens is 2. The second kappa shape index (κ2) is 7.42. The average molecular weight is 334 g/mol. The molecule has 1 aromatic heterocycles. The first-order valence-corrected chi connectivity index (χ1v) is 7.72. The molecule has 0 radical (unpaired) electrons. The van der Waals surface area contributed by atoms with Crippen LogP contribution in [0.3, 0.4) is 0 Å². The summed E-state index contributed by atoms with van der Waals surface area (Å²) in [4.78, 5) is 20.2. The maximum absolute atomic E-state index is 12.1. The van der Waals surface area contributed by atoms with E-state index < -0.39 is 11.7 Å². The lowest BCUT2D eigenvalue weighted by atomic mass is 10.0. The van der Waals surface area contributed by atoms with Gasteiger partial charge in [-0.3, -0.25) is 0 Å². The third kappa shape index (κ3) is 5.87. The highest BCUT2D eigenvalue weighted by atomic mass is 35.5. The standard InChI is InChI=1S/C17H20ClN3O2/c1-17(2,3)23-16(22)21-14(9-12-7-5-4-6-8-12)13-10-15(18)20-11-19-13/h4-8,10-11,14H,9H2,1-3H3,(H,21,22). The Hall–Kier alpha value is -2.14. The van der Waals surface area contributed by atoms with Gasteiger partial charge in [-0.2, -0.15) is 0 Å². The van der Waals surface area contributed by atoms with Crippen molar-refractivity contribution in [1.29, 1.82) is 0 Å². The molecule has 1 unspecified atom stereocenters. The number of nitrogens with zero attached hydrogens (tertiary/aromatic N) is 2. The topological polar surface area (TPSA) is 64.1 Å². The van der Waals surface area contributed by atoms with Crippen LogP contribution in [0.15, 0.2) is 42.7 Å². The first-order chi connectivity index (χ1) is 10.8. The molecule has 0 aliphatic rings. The Morgan fingerprint density at radius 3 is 2.57 bits per heavy atom. The fourth-order valence-electron chi connectivity index (χ4n) is 2.07. The minimum atomic E-state index is -0.565. The molecule has 1 amide bonds. The molecule has 0 spiro atoms. The molecule has 0 aliphatic carbocycles. The third-order valence-corrected chi connectivity index (χ3v) is 3.19. The smallest absolute Gasteiger partial charge is 0.408 e. The van der Waals surface area contributed by atoms with E-state index >= 15 is 0 Å². The van der Waals surface area contributed by atoms with Gasteiger partial charge in [0.15, 0.2) is 0 Å². The van der Waals surface area contributed by atoms with Crippen molar-refractivity contribution in [3.05, 3.63) is 59.1 Å². The van der Waals surface area contributed by atoms with E-state index in [9.17, 15) is 4.79 Å². The molecular weight excluding hydrogens is 314 g/mol. The lowest BCUT2D eigenvalue weighted by molar-refractivity contribution is 0.0502. The number of hydrogen-bond donors (Lipinski definition) is 1. The van der Waals surface area contributed by atoms with Crippen molar-refractivity contribution in [3.63, 3.8) is 0 Å². The van der Waals surface area contributed by atoms with Crippen LogP contribution < -0.4 is 5.32 Å². The third-order valence-electron chi connectivity index (χ3n) is 2.99. The van der Waals surface area contributed by atoms with Crippen molar-refractivity contribution in [3.8, 4) is 0 Å². The SMILES string of the molecule is CC(C)(C)OC(=O)NC(Cc1ccccc1)c1cc(Cl)ncn1. The summed E-state index contributed by atoms with van der Waals surface area (Å²) >= 11 is 5.94. The van der Waals surface area contributed by atoms with E-state index in [4.69, 9.17) is 16.3 Å². The number of nitrogens with one attached hydrogen (secondary N) is 1. The number of carbonyl (C=O) groups excluding carboxylic acids is 1. The Balaban J connectivity index is 2.19. The highest BCUT2D eigenvalue weighted by Crippen LogP contribution is 2.19. The molecule has 5 nitrogen and oxygen atoms in total. The van der Waals surface area contributed by atoms with Gasteiger partial charge in [-0.1, -0.05) is 41.9 Å². The summed E-state index contributed by atoms with van der Waals surface area (Å²) in [6, 6.07) is 11.1. The highest BCUT2D eigenvalue weighted by Gasteiger charge is 2.22. The molecule has 0 saturated heterocycles. The summed E-state index contributed by atoms with van der Waals surface area (Å²) in [5.74, 6) is 0. The lowest BCUT2D eigenvalue weighted by Crippen LogP contribution is -2.36. The molecule has 1 atom stereocenters. The van der Waals surface area contributed by atoms with E-state index in [-0.39, 0.29) is 6.04 Å². The van der Waals surface area contributed by atoms with Crippen LogP contribution in [0.1, 0.15) is 38.1 Å². The highest BCUT2D eigenvalue weighted by molar-refractivity contribution is 6.29. The zero-order chi connectivity index (χ0) is 16.9. The molecule has 6 heteroatoms. The predicted octanol–water partition coefficient (Wildman–Crippen LogP) is 3.94. The second-order valence-electron chi connectivity index (χ2n) is 6.15. The molecular formula is C17H20ClN3O2.